The molecule has 2 aliphatic rings. The number of rotatable bonds is 4. The van der Waals surface area contributed by atoms with E-state index in [1.807, 2.05) is 13.8 Å². The van der Waals surface area contributed by atoms with Crippen LogP contribution in [0.15, 0.2) is 42.1 Å². The molecule has 140 valence electrons. The number of epoxide rings is 1. The maximum Gasteiger partial charge on any atom is 0.335 e. The molecule has 4 rings (SSSR count). The second-order valence-corrected chi connectivity index (χ2v) is 6.74. The number of aliphatic carboxylic acids is 1. The summed E-state index contributed by atoms with van der Waals surface area (Å²) in [5.41, 5.74) is 0.637. The van der Waals surface area contributed by atoms with Crippen LogP contribution in [-0.2, 0) is 9.53 Å². The van der Waals surface area contributed by atoms with E-state index in [1.165, 1.54) is 17.2 Å². The van der Waals surface area contributed by atoms with E-state index >= 15 is 0 Å². The summed E-state index contributed by atoms with van der Waals surface area (Å²) >= 11 is 0. The van der Waals surface area contributed by atoms with Gasteiger partial charge >= 0.3 is 5.97 Å². The van der Waals surface area contributed by atoms with E-state index in [0.717, 1.165) is 12.1 Å². The number of nitrogens with one attached hydrogen (secondary N) is 1. The Morgan fingerprint density at radius 3 is 2.70 bits per heavy atom. The van der Waals surface area contributed by atoms with Gasteiger partial charge in [-0.25, -0.2) is 18.6 Å². The lowest BCUT2D eigenvalue weighted by Crippen LogP contribution is -2.18. The zero-order chi connectivity index (χ0) is 19.3. The van der Waals surface area contributed by atoms with Crippen LogP contribution in [0.4, 0.5) is 26.1 Å². The third-order valence-electron chi connectivity index (χ3n) is 4.36. The number of pyridine rings is 1. The summed E-state index contributed by atoms with van der Waals surface area (Å²) < 4.78 is 33.4. The van der Waals surface area contributed by atoms with E-state index in [4.69, 9.17) is 4.74 Å². The Kier molecular flexibility index (Phi) is 4.07. The first-order chi connectivity index (χ1) is 12.8. The van der Waals surface area contributed by atoms with Crippen LogP contribution in [0.1, 0.15) is 25.5 Å². The van der Waals surface area contributed by atoms with Crippen LogP contribution < -0.4 is 10.2 Å². The summed E-state index contributed by atoms with van der Waals surface area (Å²) in [6.45, 7) is 3.90. The first-order valence-electron chi connectivity index (χ1n) is 8.47. The average Bonchev–Trinajstić information content (AvgIpc) is 3.36. The van der Waals surface area contributed by atoms with Gasteiger partial charge in [0.2, 0.25) is 0 Å². The Morgan fingerprint density at radius 1 is 1.26 bits per heavy atom. The normalized spacial score (nSPS) is 20.5. The predicted molar refractivity (Wildman–Crippen MR) is 94.8 cm³/mol. The van der Waals surface area contributed by atoms with E-state index in [9.17, 15) is 18.7 Å². The van der Waals surface area contributed by atoms with Gasteiger partial charge in [0.1, 0.15) is 35.5 Å². The highest BCUT2D eigenvalue weighted by atomic mass is 19.1. The van der Waals surface area contributed by atoms with Crippen molar-refractivity contribution in [1.29, 1.82) is 0 Å². The van der Waals surface area contributed by atoms with E-state index in [1.54, 1.807) is 12.1 Å². The fourth-order valence-electron chi connectivity index (χ4n) is 3.15. The molecule has 0 bridgehead atoms. The minimum absolute atomic E-state index is 0.00639. The minimum Gasteiger partial charge on any atom is -0.478 e. The third kappa shape index (κ3) is 3.12. The molecule has 1 aromatic heterocycles. The fraction of sp³-hybridized carbons (Fsp3) is 0.263. The van der Waals surface area contributed by atoms with Crippen molar-refractivity contribution < 1.29 is 23.4 Å². The number of benzene rings is 1. The van der Waals surface area contributed by atoms with Crippen LogP contribution in [0, 0.1) is 11.6 Å². The monoisotopic (exact) mass is 373 g/mol. The van der Waals surface area contributed by atoms with Crippen LogP contribution in [0.3, 0.4) is 0 Å². The highest BCUT2D eigenvalue weighted by Gasteiger charge is 2.49. The lowest BCUT2D eigenvalue weighted by molar-refractivity contribution is -0.132. The number of hydrogen-bond donors (Lipinski definition) is 2. The fourth-order valence-corrected chi connectivity index (χ4v) is 3.15. The van der Waals surface area contributed by atoms with Gasteiger partial charge in [-0.2, -0.15) is 0 Å². The Labute approximate surface area is 154 Å². The molecule has 1 saturated heterocycles. The van der Waals surface area contributed by atoms with Crippen LogP contribution in [0.5, 0.6) is 0 Å². The minimum atomic E-state index is -1.16. The average molecular weight is 373 g/mol. The number of ether oxygens (including phenoxy) is 1. The van der Waals surface area contributed by atoms with Crippen LogP contribution in [0.25, 0.3) is 0 Å². The first kappa shape index (κ1) is 17.4. The van der Waals surface area contributed by atoms with E-state index in [2.05, 4.69) is 10.3 Å². The molecular weight excluding hydrogens is 356 g/mol. The van der Waals surface area contributed by atoms with Gasteiger partial charge in [-0.15, -0.1) is 0 Å². The molecule has 2 atom stereocenters. The Balaban J connectivity index is 1.90. The number of halogens is 2. The molecule has 2 N–H and O–H groups in total. The molecule has 2 aliphatic heterocycles. The van der Waals surface area contributed by atoms with Crippen molar-refractivity contribution >= 4 is 23.3 Å². The third-order valence-corrected chi connectivity index (χ3v) is 4.36. The van der Waals surface area contributed by atoms with Crippen LogP contribution >= 0.6 is 0 Å². The highest BCUT2D eigenvalue weighted by molar-refractivity contribution is 5.91. The Bertz CT molecular complexity index is 961. The Hall–Kier alpha value is -3.00. The molecule has 27 heavy (non-hydrogen) atoms. The summed E-state index contributed by atoms with van der Waals surface area (Å²) in [5, 5.41) is 12.7. The standard InChI is InChI=1S/C19H17F2N3O3/c1-9(2)22-15-6-4-11-16-17(27-16)12(19(25)26)8-24(18(11)23-15)14-5-3-10(20)7-13(14)21/h3-9,16-17H,1-2H3,(H,22,23)(H,25,26). The van der Waals surface area contributed by atoms with Crippen molar-refractivity contribution in [3.05, 3.63) is 59.3 Å². The highest BCUT2D eigenvalue weighted by Crippen LogP contribution is 2.50. The van der Waals surface area contributed by atoms with Gasteiger partial charge in [-0.1, -0.05) is 0 Å². The number of carboxylic acids is 1. The molecule has 8 heteroatoms. The summed E-state index contributed by atoms with van der Waals surface area (Å²) in [4.78, 5) is 17.5. The van der Waals surface area contributed by atoms with Gasteiger partial charge < -0.3 is 15.2 Å². The van der Waals surface area contributed by atoms with Gasteiger partial charge in [-0.3, -0.25) is 4.90 Å². The summed E-state index contributed by atoms with van der Waals surface area (Å²) in [6, 6.07) is 6.79. The molecule has 2 unspecified atom stereocenters. The second-order valence-electron chi connectivity index (χ2n) is 6.74. The predicted octanol–water partition coefficient (Wildman–Crippen LogP) is 3.74. The molecule has 0 spiro atoms. The number of fused-ring (bicyclic) bond motifs is 3. The molecule has 1 aromatic carbocycles. The van der Waals surface area contributed by atoms with Crippen molar-refractivity contribution in [3.8, 4) is 0 Å². The number of carboxylic acid groups (broad SMARTS) is 1. The zero-order valence-electron chi connectivity index (χ0n) is 14.6. The molecule has 2 aromatic rings. The molecule has 0 amide bonds. The molecule has 0 aliphatic carbocycles. The van der Waals surface area contributed by atoms with Gasteiger partial charge in [0.15, 0.2) is 0 Å². The van der Waals surface area contributed by atoms with Crippen molar-refractivity contribution in [1.82, 2.24) is 4.98 Å². The lowest BCUT2D eigenvalue weighted by Gasteiger charge is -2.23. The molecule has 6 nitrogen and oxygen atoms in total. The number of nitrogens with zero attached hydrogens (tertiary/aromatic N) is 2. The number of aromatic nitrogens is 1. The van der Waals surface area contributed by atoms with Crippen molar-refractivity contribution in [2.75, 3.05) is 10.2 Å². The largest absolute Gasteiger partial charge is 0.478 e. The van der Waals surface area contributed by atoms with E-state index < -0.39 is 29.8 Å². The first-order valence-corrected chi connectivity index (χ1v) is 8.47. The number of hydrogen-bond acceptors (Lipinski definition) is 5. The molecule has 0 radical (unpaired) electrons. The quantitative estimate of drug-likeness (QED) is 0.795. The molecule has 3 heterocycles. The van der Waals surface area contributed by atoms with Gasteiger partial charge in [0.25, 0.3) is 0 Å². The van der Waals surface area contributed by atoms with Crippen molar-refractivity contribution in [2.24, 2.45) is 0 Å². The number of carbonyl (C=O) groups is 1. The zero-order valence-corrected chi connectivity index (χ0v) is 14.6. The maximum absolute atomic E-state index is 14.5. The van der Waals surface area contributed by atoms with Gasteiger partial charge in [0.05, 0.1) is 11.3 Å². The van der Waals surface area contributed by atoms with Crippen LogP contribution in [-0.4, -0.2) is 28.2 Å². The van der Waals surface area contributed by atoms with Gasteiger partial charge in [0, 0.05) is 23.9 Å². The Morgan fingerprint density at radius 2 is 2.04 bits per heavy atom. The smallest absolute Gasteiger partial charge is 0.335 e. The van der Waals surface area contributed by atoms with Crippen molar-refractivity contribution in [3.63, 3.8) is 0 Å². The summed E-state index contributed by atoms with van der Waals surface area (Å²) in [5.74, 6) is -1.80. The second kappa shape index (κ2) is 6.31. The van der Waals surface area contributed by atoms with Gasteiger partial charge in [-0.05, 0) is 38.1 Å². The summed E-state index contributed by atoms with van der Waals surface area (Å²) in [7, 11) is 0. The van der Waals surface area contributed by atoms with Crippen molar-refractivity contribution in [2.45, 2.75) is 32.1 Å². The summed E-state index contributed by atoms with van der Waals surface area (Å²) in [6.07, 6.45) is 0.207. The topological polar surface area (TPSA) is 78.0 Å². The van der Waals surface area contributed by atoms with E-state index in [-0.39, 0.29) is 17.3 Å². The molecule has 1 fully saturated rings. The van der Waals surface area contributed by atoms with E-state index in [0.29, 0.717) is 17.2 Å². The SMILES string of the molecule is CC(C)Nc1ccc2c(n1)N(c1ccc(F)cc1F)C=C(C(=O)O)C1OC21. The maximum atomic E-state index is 14.5. The molecular formula is C19H17F2N3O3. The number of anilines is 3. The lowest BCUT2D eigenvalue weighted by atomic mass is 10.1. The van der Waals surface area contributed by atoms with Crippen LogP contribution in [0.2, 0.25) is 0 Å². The molecule has 0 saturated carbocycles.